The molecule has 264 valence electrons. The Morgan fingerprint density at radius 3 is 1.79 bits per heavy atom. The Balaban J connectivity index is 0.000000195. The van der Waals surface area contributed by atoms with Crippen molar-refractivity contribution >= 4 is 35.9 Å². The Morgan fingerprint density at radius 1 is 0.585 bits per heavy atom. The van der Waals surface area contributed by atoms with Crippen LogP contribution in [0.15, 0.2) is 181 Å². The van der Waals surface area contributed by atoms with Crippen molar-refractivity contribution in [2.45, 2.75) is 33.6 Å². The van der Waals surface area contributed by atoms with Crippen molar-refractivity contribution in [1.82, 2.24) is 0 Å². The smallest absolute Gasteiger partial charge is 0.259 e. The predicted octanol–water partition coefficient (Wildman–Crippen LogP) is 11.7. The van der Waals surface area contributed by atoms with Crippen molar-refractivity contribution in [3.05, 3.63) is 198 Å². The van der Waals surface area contributed by atoms with Crippen LogP contribution in [0.25, 0.3) is 11.1 Å². The van der Waals surface area contributed by atoms with E-state index < -0.39 is 7.92 Å². The van der Waals surface area contributed by atoms with Gasteiger partial charge in [0.2, 0.25) is 0 Å². The zero-order valence-corrected chi connectivity index (χ0v) is 31.4. The van der Waals surface area contributed by atoms with Crippen molar-refractivity contribution in [1.29, 1.82) is 0 Å². The van der Waals surface area contributed by atoms with E-state index in [2.05, 4.69) is 91.0 Å². The molecule has 1 aliphatic heterocycles. The molecule has 1 heterocycles. The van der Waals surface area contributed by atoms with E-state index >= 15 is 0 Å². The van der Waals surface area contributed by atoms with Crippen LogP contribution < -0.4 is 20.2 Å². The second-order valence-corrected chi connectivity index (χ2v) is 14.7. The second-order valence-electron chi connectivity index (χ2n) is 12.5. The summed E-state index contributed by atoms with van der Waals surface area (Å²) in [5.74, 6) is 0.914. The summed E-state index contributed by atoms with van der Waals surface area (Å²) in [6, 6.07) is 52.3. The highest BCUT2D eigenvalue weighted by Crippen LogP contribution is 2.44. The summed E-state index contributed by atoms with van der Waals surface area (Å²) in [4.78, 5) is 27.4. The van der Waals surface area contributed by atoms with Gasteiger partial charge in [-0.1, -0.05) is 147 Å². The molecule has 0 N–H and O–H groups in total. The largest absolute Gasteiger partial charge is 0.457 e. The molecule has 0 fully saturated rings. The number of benzene rings is 6. The summed E-state index contributed by atoms with van der Waals surface area (Å²) < 4.78 is 5.97. The fourth-order valence-corrected chi connectivity index (χ4v) is 8.70. The lowest BCUT2D eigenvalue weighted by Gasteiger charge is -2.28. The molecule has 0 bridgehead atoms. The third-order valence-electron chi connectivity index (χ3n) is 8.84. The molecule has 0 saturated heterocycles. The zero-order chi connectivity index (χ0) is 37.0. The molecule has 0 spiro atoms. The summed E-state index contributed by atoms with van der Waals surface area (Å²) in [5, 5.41) is 4.35. The van der Waals surface area contributed by atoms with Crippen molar-refractivity contribution in [2.24, 2.45) is 0 Å². The van der Waals surface area contributed by atoms with E-state index in [4.69, 9.17) is 4.74 Å². The first kappa shape index (κ1) is 36.9. The third kappa shape index (κ3) is 9.16. The number of Topliss-reactive ketones (excluding diaryl/α,β-unsaturated/α-hetero) is 1. The third-order valence-corrected chi connectivity index (χ3v) is 11.3. The molecule has 6 aromatic carbocycles. The molecule has 2 aliphatic rings. The zero-order valence-electron chi connectivity index (χ0n) is 30.5. The fourth-order valence-electron chi connectivity index (χ4n) is 6.30. The molecule has 0 unspecified atom stereocenters. The van der Waals surface area contributed by atoms with E-state index in [1.807, 2.05) is 87.5 Å². The minimum atomic E-state index is -0.395. The molecule has 6 aromatic rings. The number of allylic oxidation sites excluding steroid dienone is 4. The number of amides is 1. The lowest BCUT2D eigenvalue weighted by Crippen LogP contribution is -2.41. The Labute approximate surface area is 314 Å². The number of carbonyl (C=O) groups excluding carboxylic acids is 2. The van der Waals surface area contributed by atoms with Gasteiger partial charge in [0.1, 0.15) is 11.5 Å². The van der Waals surface area contributed by atoms with Crippen LogP contribution in [0.4, 0.5) is 5.69 Å². The Kier molecular flexibility index (Phi) is 12.6. The maximum atomic E-state index is 13.0. The predicted molar refractivity (Wildman–Crippen MR) is 222 cm³/mol. The van der Waals surface area contributed by atoms with Gasteiger partial charge in [0.05, 0.1) is 12.1 Å². The van der Waals surface area contributed by atoms with Crippen LogP contribution in [0.5, 0.6) is 11.5 Å². The SMILES string of the molecule is C1=CC(P(c2ccccc2)c2ccccc2)=CCC1.CC.Cc1cccc(N2CC(=O)c3cc(Oc4ccc(-c5ccccc5)cc4)ccc3C2=O)c1. The highest BCUT2D eigenvalue weighted by molar-refractivity contribution is 7.77. The molecule has 1 aliphatic carbocycles. The molecular weight excluding hydrogens is 670 g/mol. The number of ketones is 1. The van der Waals surface area contributed by atoms with Gasteiger partial charge in [0, 0.05) is 11.3 Å². The van der Waals surface area contributed by atoms with Crippen LogP contribution >= 0.6 is 7.92 Å². The van der Waals surface area contributed by atoms with Crippen molar-refractivity contribution in [3.63, 3.8) is 0 Å². The Hall–Kier alpha value is -5.83. The number of ether oxygens (including phenoxy) is 1. The van der Waals surface area contributed by atoms with E-state index in [1.165, 1.54) is 33.7 Å². The summed E-state index contributed by atoms with van der Waals surface area (Å²) >= 11 is 0. The highest BCUT2D eigenvalue weighted by Gasteiger charge is 2.31. The van der Waals surface area contributed by atoms with Gasteiger partial charge in [-0.3, -0.25) is 9.59 Å². The normalized spacial score (nSPS) is 13.2. The van der Waals surface area contributed by atoms with Crippen LogP contribution in [0, 0.1) is 6.92 Å². The van der Waals surface area contributed by atoms with Crippen LogP contribution in [0.2, 0.25) is 0 Å². The Morgan fingerprint density at radius 2 is 1.19 bits per heavy atom. The first-order valence-electron chi connectivity index (χ1n) is 18.2. The number of nitrogens with zero attached hydrogens (tertiary/aromatic N) is 1. The molecule has 4 nitrogen and oxygen atoms in total. The van der Waals surface area contributed by atoms with Gasteiger partial charge >= 0.3 is 0 Å². The van der Waals surface area contributed by atoms with E-state index in [0.717, 1.165) is 22.4 Å². The van der Waals surface area contributed by atoms with Gasteiger partial charge < -0.3 is 9.64 Å². The first-order chi connectivity index (χ1) is 26.0. The van der Waals surface area contributed by atoms with Gasteiger partial charge in [-0.2, -0.15) is 0 Å². The number of anilines is 1. The average molecular weight is 714 g/mol. The molecule has 1 amide bonds. The molecule has 0 aromatic heterocycles. The molecule has 0 radical (unpaired) electrons. The van der Waals surface area contributed by atoms with Gasteiger partial charge in [0.25, 0.3) is 5.91 Å². The average Bonchev–Trinajstić information content (AvgIpc) is 3.22. The summed E-state index contributed by atoms with van der Waals surface area (Å²) in [6.45, 7) is 5.98. The quantitative estimate of drug-likeness (QED) is 0.155. The number of carbonyl (C=O) groups is 2. The van der Waals surface area contributed by atoms with Gasteiger partial charge in [-0.05, 0) is 103 Å². The minimum Gasteiger partial charge on any atom is -0.457 e. The standard InChI is InChI=1S/C28H21NO3.C18H17P.C2H6/c1-19-6-5-9-22(16-19)29-18-27(30)26-17-24(14-15-25(26)28(29)31)32-23-12-10-21(11-13-23)20-7-3-2-4-8-20;1-4-10-16(11-5-1)19(17-12-6-2-7-13-17)18-14-8-3-9-15-18;1-2/h2-17H,18H2,1H3;1-2,4-8,10-15H,3,9H2;1-2H3. The maximum Gasteiger partial charge on any atom is 0.259 e. The van der Waals surface area contributed by atoms with Crippen molar-refractivity contribution in [2.75, 3.05) is 11.4 Å². The number of aryl methyl sites for hydroxylation is 1. The summed E-state index contributed by atoms with van der Waals surface area (Å²) in [7, 11) is -0.395. The van der Waals surface area contributed by atoms with Crippen LogP contribution in [0.1, 0.15) is 53.0 Å². The minimum absolute atomic E-state index is 0.0184. The second kappa shape index (κ2) is 18.1. The van der Waals surface area contributed by atoms with Gasteiger partial charge in [-0.25, -0.2) is 0 Å². The topological polar surface area (TPSA) is 46.6 Å². The molecule has 5 heteroatoms. The number of hydrogen-bond acceptors (Lipinski definition) is 3. The van der Waals surface area contributed by atoms with E-state index in [1.54, 1.807) is 18.2 Å². The molecule has 0 atom stereocenters. The molecule has 0 saturated carbocycles. The number of hydrogen-bond donors (Lipinski definition) is 0. The van der Waals surface area contributed by atoms with Crippen LogP contribution in [0.3, 0.4) is 0 Å². The molecular formula is C48H44NO3P. The fraction of sp³-hybridized carbons (Fsp3) is 0.125. The summed E-state index contributed by atoms with van der Waals surface area (Å²) in [6.07, 6.45) is 9.37. The van der Waals surface area contributed by atoms with E-state index in [0.29, 0.717) is 22.6 Å². The van der Waals surface area contributed by atoms with Crippen molar-refractivity contribution < 1.29 is 14.3 Å². The van der Waals surface area contributed by atoms with E-state index in [-0.39, 0.29) is 18.2 Å². The first-order valence-corrected chi connectivity index (χ1v) is 19.5. The lowest BCUT2D eigenvalue weighted by molar-refractivity contribution is 0.0910. The van der Waals surface area contributed by atoms with Crippen LogP contribution in [-0.4, -0.2) is 18.2 Å². The Bertz CT molecular complexity index is 2150. The highest BCUT2D eigenvalue weighted by atomic mass is 31.1. The molecule has 53 heavy (non-hydrogen) atoms. The monoisotopic (exact) mass is 713 g/mol. The van der Waals surface area contributed by atoms with Gasteiger partial charge in [0.15, 0.2) is 5.78 Å². The molecule has 8 rings (SSSR count). The number of rotatable bonds is 7. The van der Waals surface area contributed by atoms with E-state index in [9.17, 15) is 9.59 Å². The maximum absolute atomic E-state index is 13.0. The van der Waals surface area contributed by atoms with Crippen LogP contribution in [-0.2, 0) is 0 Å². The number of fused-ring (bicyclic) bond motifs is 1. The summed E-state index contributed by atoms with van der Waals surface area (Å²) in [5.41, 5.74) is 4.80. The van der Waals surface area contributed by atoms with Gasteiger partial charge in [-0.15, -0.1) is 0 Å². The van der Waals surface area contributed by atoms with Crippen molar-refractivity contribution in [3.8, 4) is 22.6 Å². The lowest BCUT2D eigenvalue weighted by atomic mass is 9.97.